The number of benzene rings is 3. The van der Waals surface area contributed by atoms with Gasteiger partial charge in [-0.1, -0.05) is 53.7 Å². The Morgan fingerprint density at radius 2 is 1.75 bits per heavy atom. The highest BCUT2D eigenvalue weighted by atomic mass is 35.5. The van der Waals surface area contributed by atoms with Crippen LogP contribution < -0.4 is 9.47 Å². The number of amides is 1. The van der Waals surface area contributed by atoms with Gasteiger partial charge in [-0.25, -0.2) is 14.2 Å². The number of nitrogens with zero attached hydrogens (tertiary/aromatic N) is 1. The molecule has 4 rings (SSSR count). The number of halogens is 2. The molecule has 40 heavy (non-hydrogen) atoms. The summed E-state index contributed by atoms with van der Waals surface area (Å²) in [6.45, 7) is 4.13. The minimum absolute atomic E-state index is 0.00333. The third kappa shape index (κ3) is 6.91. The Bertz CT molecular complexity index is 1520. The van der Waals surface area contributed by atoms with Gasteiger partial charge in [0.2, 0.25) is 0 Å². The molecule has 1 amide bonds. The molecule has 0 saturated heterocycles. The van der Waals surface area contributed by atoms with Crippen molar-refractivity contribution in [2.75, 3.05) is 13.2 Å². The van der Waals surface area contributed by atoms with Crippen LogP contribution in [0.25, 0.3) is 6.08 Å². The number of rotatable bonds is 9. The number of aliphatic hydroxyl groups excluding tert-OH is 1. The number of hydrogen-bond donors (Lipinski definition) is 1. The summed E-state index contributed by atoms with van der Waals surface area (Å²) < 4.78 is 29.9. The van der Waals surface area contributed by atoms with E-state index in [1.54, 1.807) is 61.5 Å². The quantitative estimate of drug-likeness (QED) is 0.268. The van der Waals surface area contributed by atoms with Crippen LogP contribution in [0.3, 0.4) is 0 Å². The van der Waals surface area contributed by atoms with Crippen molar-refractivity contribution in [3.8, 4) is 11.5 Å². The minimum Gasteiger partial charge on any atom is -0.506 e. The highest BCUT2D eigenvalue weighted by Crippen LogP contribution is 2.40. The second-order valence-corrected chi connectivity index (χ2v) is 9.75. The summed E-state index contributed by atoms with van der Waals surface area (Å²) >= 11 is 7.09. The van der Waals surface area contributed by atoms with Crippen molar-refractivity contribution in [3.05, 3.63) is 110 Å². The van der Waals surface area contributed by atoms with Crippen molar-refractivity contribution in [2.24, 2.45) is 4.99 Å². The van der Waals surface area contributed by atoms with Crippen molar-refractivity contribution in [3.63, 3.8) is 0 Å². The van der Waals surface area contributed by atoms with Crippen molar-refractivity contribution in [1.82, 2.24) is 0 Å². The second-order valence-electron chi connectivity index (χ2n) is 8.31. The molecule has 0 unspecified atom stereocenters. The van der Waals surface area contributed by atoms with Gasteiger partial charge in [-0.2, -0.15) is 0 Å². The zero-order valence-corrected chi connectivity index (χ0v) is 23.2. The Morgan fingerprint density at radius 1 is 1.00 bits per heavy atom. The molecule has 206 valence electrons. The van der Waals surface area contributed by atoms with Crippen LogP contribution in [0.1, 0.15) is 35.3 Å². The standard InChI is InChI=1S/C30H25ClFNO6S/c1-3-37-24-15-19(11-14-23(24)39-17-18-9-12-20(32)13-10-18)16-25-27(34)26(30(36)38-4-2)29(40-25)33-28(35)21-7-5-6-8-22(21)31/h5-16,34H,3-4,17H2,1-2H3/b25-16+,33-29?. The third-order valence-electron chi connectivity index (χ3n) is 5.55. The van der Waals surface area contributed by atoms with Gasteiger partial charge in [0.05, 0.1) is 28.7 Å². The lowest BCUT2D eigenvalue weighted by atomic mass is 10.1. The van der Waals surface area contributed by atoms with Crippen molar-refractivity contribution >= 4 is 46.4 Å². The molecule has 0 fully saturated rings. The normalized spacial score (nSPS) is 15.0. The maximum absolute atomic E-state index is 13.2. The van der Waals surface area contributed by atoms with E-state index < -0.39 is 11.9 Å². The third-order valence-corrected chi connectivity index (χ3v) is 6.90. The molecule has 10 heteroatoms. The van der Waals surface area contributed by atoms with Crippen LogP contribution in [0.5, 0.6) is 11.5 Å². The number of thioether (sulfide) groups is 1. The van der Waals surface area contributed by atoms with Gasteiger partial charge < -0.3 is 19.3 Å². The lowest BCUT2D eigenvalue weighted by molar-refractivity contribution is -0.138. The number of aliphatic imine (C=N–C) groups is 1. The first kappa shape index (κ1) is 28.9. The van der Waals surface area contributed by atoms with Gasteiger partial charge in [-0.3, -0.25) is 4.79 Å². The molecule has 0 atom stereocenters. The smallest absolute Gasteiger partial charge is 0.344 e. The molecule has 7 nitrogen and oxygen atoms in total. The zero-order chi connectivity index (χ0) is 28.6. The Balaban J connectivity index is 1.64. The van der Waals surface area contributed by atoms with E-state index in [0.717, 1.165) is 17.3 Å². The molecule has 3 aromatic carbocycles. The largest absolute Gasteiger partial charge is 0.506 e. The molecule has 0 saturated carbocycles. The molecule has 1 N–H and O–H groups in total. The van der Waals surface area contributed by atoms with E-state index >= 15 is 0 Å². The van der Waals surface area contributed by atoms with E-state index in [1.165, 1.54) is 18.2 Å². The van der Waals surface area contributed by atoms with Crippen LogP contribution >= 0.6 is 23.4 Å². The summed E-state index contributed by atoms with van der Waals surface area (Å²) in [6, 6.07) is 17.6. The van der Waals surface area contributed by atoms with Crippen LogP contribution in [-0.2, 0) is 16.1 Å². The van der Waals surface area contributed by atoms with Gasteiger partial charge in [0.15, 0.2) is 11.5 Å². The van der Waals surface area contributed by atoms with E-state index in [-0.39, 0.29) is 50.9 Å². The molecule has 0 aliphatic carbocycles. The highest BCUT2D eigenvalue weighted by molar-refractivity contribution is 8.18. The van der Waals surface area contributed by atoms with Crippen LogP contribution in [0.4, 0.5) is 4.39 Å². The summed E-state index contributed by atoms with van der Waals surface area (Å²) in [5.74, 6) is -1.22. The van der Waals surface area contributed by atoms with Crippen molar-refractivity contribution in [1.29, 1.82) is 0 Å². The highest BCUT2D eigenvalue weighted by Gasteiger charge is 2.34. The summed E-state index contributed by atoms with van der Waals surface area (Å²) in [6.07, 6.45) is 1.63. The van der Waals surface area contributed by atoms with E-state index in [9.17, 15) is 19.1 Å². The molecule has 1 heterocycles. The fourth-order valence-electron chi connectivity index (χ4n) is 3.67. The second kappa shape index (κ2) is 13.3. The Hall–Kier alpha value is -4.08. The van der Waals surface area contributed by atoms with Crippen LogP contribution in [-0.4, -0.2) is 35.2 Å². The fraction of sp³-hybridized carbons (Fsp3) is 0.167. The summed E-state index contributed by atoms with van der Waals surface area (Å²) in [5, 5.41) is 11.2. The maximum atomic E-state index is 13.2. The summed E-state index contributed by atoms with van der Waals surface area (Å²) in [7, 11) is 0. The zero-order valence-electron chi connectivity index (χ0n) is 21.6. The van der Waals surface area contributed by atoms with Crippen molar-refractivity contribution in [2.45, 2.75) is 20.5 Å². The van der Waals surface area contributed by atoms with Crippen molar-refractivity contribution < 1.29 is 33.3 Å². The number of hydrogen-bond acceptors (Lipinski definition) is 7. The van der Waals surface area contributed by atoms with Gasteiger partial charge in [-0.05, 0) is 67.4 Å². The molecular formula is C30H25ClFNO6S. The summed E-state index contributed by atoms with van der Waals surface area (Å²) in [5.41, 5.74) is 1.38. The fourth-order valence-corrected chi connectivity index (χ4v) is 4.90. The first-order chi connectivity index (χ1) is 19.3. The predicted octanol–water partition coefficient (Wildman–Crippen LogP) is 7.16. The first-order valence-corrected chi connectivity index (χ1v) is 13.5. The SMILES string of the molecule is CCOC(=O)C1=C(O)/C(=C\c2ccc(OCc3ccc(F)cc3)c(OCC)c2)SC1=NC(=O)c1ccccc1Cl. The van der Waals surface area contributed by atoms with Crippen LogP contribution in [0.15, 0.2) is 88.0 Å². The molecule has 1 aliphatic rings. The van der Waals surface area contributed by atoms with Gasteiger partial charge in [0.1, 0.15) is 28.8 Å². The van der Waals surface area contributed by atoms with E-state index in [1.807, 2.05) is 6.92 Å². The maximum Gasteiger partial charge on any atom is 0.344 e. The lowest BCUT2D eigenvalue weighted by Gasteiger charge is -2.13. The average Bonchev–Trinajstić information content (AvgIpc) is 3.23. The van der Waals surface area contributed by atoms with Gasteiger partial charge in [-0.15, -0.1) is 0 Å². The monoisotopic (exact) mass is 581 g/mol. The average molecular weight is 582 g/mol. The number of carbonyl (C=O) groups is 2. The molecule has 0 spiro atoms. The van der Waals surface area contributed by atoms with Gasteiger partial charge in [0, 0.05) is 0 Å². The van der Waals surface area contributed by atoms with Crippen LogP contribution in [0, 0.1) is 5.82 Å². The van der Waals surface area contributed by atoms with E-state index in [2.05, 4.69) is 4.99 Å². The van der Waals surface area contributed by atoms with E-state index in [0.29, 0.717) is 23.7 Å². The van der Waals surface area contributed by atoms with Gasteiger partial charge in [0.25, 0.3) is 5.91 Å². The Labute approximate surface area is 239 Å². The molecule has 3 aromatic rings. The first-order valence-electron chi connectivity index (χ1n) is 12.3. The van der Waals surface area contributed by atoms with E-state index in [4.69, 9.17) is 25.8 Å². The lowest BCUT2D eigenvalue weighted by Crippen LogP contribution is -2.14. The molecule has 1 aliphatic heterocycles. The molecule has 0 radical (unpaired) electrons. The Kier molecular flexibility index (Phi) is 9.63. The summed E-state index contributed by atoms with van der Waals surface area (Å²) in [4.78, 5) is 29.9. The predicted molar refractivity (Wildman–Crippen MR) is 153 cm³/mol. The van der Waals surface area contributed by atoms with Gasteiger partial charge >= 0.3 is 5.97 Å². The molecule has 0 bridgehead atoms. The Morgan fingerprint density at radius 3 is 2.45 bits per heavy atom. The number of carbonyl (C=O) groups excluding carboxylic acids is 2. The topological polar surface area (TPSA) is 94.4 Å². The number of esters is 1. The number of ether oxygens (including phenoxy) is 3. The number of aliphatic hydroxyl groups is 1. The molecular weight excluding hydrogens is 557 g/mol. The molecule has 0 aromatic heterocycles. The van der Waals surface area contributed by atoms with Crippen LogP contribution in [0.2, 0.25) is 5.02 Å². The minimum atomic E-state index is -0.804.